The van der Waals surface area contributed by atoms with Gasteiger partial charge in [-0.3, -0.25) is 9.52 Å². The minimum atomic E-state index is -3.70. The van der Waals surface area contributed by atoms with Crippen LogP contribution in [0.25, 0.3) is 11.5 Å². The van der Waals surface area contributed by atoms with Crippen molar-refractivity contribution in [2.24, 2.45) is 0 Å². The average Bonchev–Trinajstić information content (AvgIpc) is 3.27. The zero-order chi connectivity index (χ0) is 23.4. The maximum Gasteiger partial charge on any atom is 0.277 e. The van der Waals surface area contributed by atoms with Crippen LogP contribution < -0.4 is 4.72 Å². The molecule has 0 unspecified atom stereocenters. The molecule has 0 aliphatic carbocycles. The smallest absolute Gasteiger partial charge is 0.277 e. The van der Waals surface area contributed by atoms with Gasteiger partial charge in [0.1, 0.15) is 5.82 Å². The summed E-state index contributed by atoms with van der Waals surface area (Å²) < 4.78 is 46.1. The van der Waals surface area contributed by atoms with Crippen molar-refractivity contribution in [2.45, 2.75) is 17.0 Å². The van der Waals surface area contributed by atoms with Crippen molar-refractivity contribution < 1.29 is 22.0 Å². The summed E-state index contributed by atoms with van der Waals surface area (Å²) in [7, 11) is -3.70. The monoisotopic (exact) mass is 483 g/mol. The van der Waals surface area contributed by atoms with Crippen LogP contribution in [0.5, 0.6) is 0 Å². The van der Waals surface area contributed by atoms with Crippen molar-refractivity contribution in [3.05, 3.63) is 89.7 Å². The molecule has 168 valence electrons. The Morgan fingerprint density at radius 3 is 2.30 bits per heavy atom. The lowest BCUT2D eigenvalue weighted by molar-refractivity contribution is 0.102. The number of benzene rings is 3. The molecule has 33 heavy (non-hydrogen) atoms. The number of sulfonamides is 1. The first-order valence-electron chi connectivity index (χ1n) is 9.75. The van der Waals surface area contributed by atoms with E-state index >= 15 is 0 Å². The molecule has 0 fully saturated rings. The number of rotatable bonds is 8. The molecule has 7 nitrogen and oxygen atoms in total. The summed E-state index contributed by atoms with van der Waals surface area (Å²) in [6.07, 6.45) is 0. The third kappa shape index (κ3) is 5.65. The second kappa shape index (κ2) is 9.55. The number of aryl methyl sites for hydroxylation is 1. The number of anilines is 1. The lowest BCUT2D eigenvalue weighted by Gasteiger charge is -2.08. The summed E-state index contributed by atoms with van der Waals surface area (Å²) in [6, 6.07) is 18.4. The molecular weight excluding hydrogens is 465 g/mol. The number of hydrogen-bond acceptors (Lipinski definition) is 7. The second-order valence-electron chi connectivity index (χ2n) is 7.09. The van der Waals surface area contributed by atoms with Gasteiger partial charge in [0.25, 0.3) is 15.2 Å². The Hall–Kier alpha value is -3.50. The highest BCUT2D eigenvalue weighted by Crippen LogP contribution is 2.26. The van der Waals surface area contributed by atoms with Crippen molar-refractivity contribution in [3.63, 3.8) is 0 Å². The summed E-state index contributed by atoms with van der Waals surface area (Å²) in [5, 5.41) is 8.11. The van der Waals surface area contributed by atoms with Gasteiger partial charge in [-0.25, -0.2) is 12.8 Å². The standard InChI is InChI=1S/C23H18FN3O4S2/c1-15-2-12-20(13-3-15)33(29,30)27-19-10-6-17(7-11-19)22-25-26-23(31-22)32-14-21(28)16-4-8-18(24)9-5-16/h2-13,27H,14H2,1H3. The number of nitrogens with one attached hydrogen (secondary N) is 1. The fraction of sp³-hybridized carbons (Fsp3) is 0.0870. The Morgan fingerprint density at radius 2 is 1.64 bits per heavy atom. The van der Waals surface area contributed by atoms with E-state index in [0.29, 0.717) is 16.8 Å². The van der Waals surface area contributed by atoms with E-state index in [4.69, 9.17) is 4.42 Å². The van der Waals surface area contributed by atoms with Gasteiger partial charge in [-0.2, -0.15) is 0 Å². The van der Waals surface area contributed by atoms with E-state index in [1.54, 1.807) is 48.5 Å². The zero-order valence-corrected chi connectivity index (χ0v) is 19.0. The number of carbonyl (C=O) groups is 1. The van der Waals surface area contributed by atoms with Gasteiger partial charge in [0.2, 0.25) is 5.89 Å². The maximum atomic E-state index is 13.0. The van der Waals surface area contributed by atoms with Gasteiger partial charge >= 0.3 is 0 Å². The van der Waals surface area contributed by atoms with Gasteiger partial charge in [0.05, 0.1) is 10.6 Å². The number of ketones is 1. The van der Waals surface area contributed by atoms with Crippen molar-refractivity contribution >= 4 is 33.3 Å². The van der Waals surface area contributed by atoms with Crippen LogP contribution in [0.1, 0.15) is 15.9 Å². The van der Waals surface area contributed by atoms with E-state index in [1.807, 2.05) is 6.92 Å². The van der Waals surface area contributed by atoms with Gasteiger partial charge in [-0.1, -0.05) is 29.5 Å². The number of carbonyl (C=O) groups excluding carboxylic acids is 1. The van der Waals surface area contributed by atoms with Crippen LogP contribution >= 0.6 is 11.8 Å². The van der Waals surface area contributed by atoms with Gasteiger partial charge in [0.15, 0.2) is 5.78 Å². The second-order valence-corrected chi connectivity index (χ2v) is 9.70. The fourth-order valence-corrected chi connectivity index (χ4v) is 4.56. The lowest BCUT2D eigenvalue weighted by atomic mass is 10.1. The first kappa shape index (κ1) is 22.7. The Kier molecular flexibility index (Phi) is 6.57. The molecule has 0 amide bonds. The number of Topliss-reactive ketones (excluding diaryl/α,β-unsaturated/α-hetero) is 1. The molecule has 0 atom stereocenters. The first-order chi connectivity index (χ1) is 15.8. The van der Waals surface area contributed by atoms with E-state index < -0.39 is 15.8 Å². The summed E-state index contributed by atoms with van der Waals surface area (Å²) in [5.74, 6) is -0.299. The third-order valence-corrected chi connectivity index (χ3v) is 6.83. The molecule has 4 aromatic rings. The summed E-state index contributed by atoms with van der Waals surface area (Å²) in [5.41, 5.74) is 2.35. The largest absolute Gasteiger partial charge is 0.411 e. The SMILES string of the molecule is Cc1ccc(S(=O)(=O)Nc2ccc(-c3nnc(SCC(=O)c4ccc(F)cc4)o3)cc2)cc1. The van der Waals surface area contributed by atoms with Crippen LogP contribution in [-0.2, 0) is 10.0 Å². The summed E-state index contributed by atoms with van der Waals surface area (Å²) in [4.78, 5) is 12.4. The summed E-state index contributed by atoms with van der Waals surface area (Å²) >= 11 is 1.08. The molecule has 4 rings (SSSR count). The Labute approximate surface area is 194 Å². The van der Waals surface area contributed by atoms with Crippen LogP contribution in [-0.4, -0.2) is 30.2 Å². The first-order valence-corrected chi connectivity index (χ1v) is 12.2. The van der Waals surface area contributed by atoms with Gasteiger partial charge in [0, 0.05) is 16.8 Å². The topological polar surface area (TPSA) is 102 Å². The molecule has 0 radical (unpaired) electrons. The van der Waals surface area contributed by atoms with Crippen LogP contribution in [0, 0.1) is 12.7 Å². The molecule has 3 aromatic carbocycles. The van der Waals surface area contributed by atoms with Crippen molar-refractivity contribution in [1.82, 2.24) is 10.2 Å². The average molecular weight is 484 g/mol. The summed E-state index contributed by atoms with van der Waals surface area (Å²) in [6.45, 7) is 1.88. The normalized spacial score (nSPS) is 11.3. The number of hydrogen-bond donors (Lipinski definition) is 1. The van der Waals surface area contributed by atoms with Gasteiger partial charge < -0.3 is 4.42 Å². The van der Waals surface area contributed by atoms with Crippen LogP contribution in [0.2, 0.25) is 0 Å². The molecule has 0 bridgehead atoms. The highest BCUT2D eigenvalue weighted by molar-refractivity contribution is 7.99. The molecule has 0 aliphatic heterocycles. The number of nitrogens with zero attached hydrogens (tertiary/aromatic N) is 2. The minimum Gasteiger partial charge on any atom is -0.411 e. The molecule has 1 N–H and O–H groups in total. The number of aromatic nitrogens is 2. The quantitative estimate of drug-likeness (QED) is 0.279. The van der Waals surface area contributed by atoms with E-state index in [1.165, 1.54) is 24.3 Å². The molecule has 0 spiro atoms. The van der Waals surface area contributed by atoms with E-state index in [9.17, 15) is 17.6 Å². The Balaban J connectivity index is 1.39. The van der Waals surface area contributed by atoms with Crippen molar-refractivity contribution in [3.8, 4) is 11.5 Å². The number of thioether (sulfide) groups is 1. The molecular formula is C23H18FN3O4S2. The minimum absolute atomic E-state index is 0.0625. The van der Waals surface area contributed by atoms with Crippen molar-refractivity contribution in [2.75, 3.05) is 10.5 Å². The molecule has 1 aromatic heterocycles. The third-order valence-electron chi connectivity index (χ3n) is 4.61. The molecule has 1 heterocycles. The molecule has 0 aliphatic rings. The van der Waals surface area contributed by atoms with Crippen molar-refractivity contribution in [1.29, 1.82) is 0 Å². The van der Waals surface area contributed by atoms with Crippen LogP contribution in [0.4, 0.5) is 10.1 Å². The molecule has 0 saturated heterocycles. The molecule has 0 saturated carbocycles. The molecule has 10 heteroatoms. The predicted molar refractivity (Wildman–Crippen MR) is 123 cm³/mol. The number of halogens is 1. The highest BCUT2D eigenvalue weighted by atomic mass is 32.2. The highest BCUT2D eigenvalue weighted by Gasteiger charge is 2.15. The lowest BCUT2D eigenvalue weighted by Crippen LogP contribution is -2.12. The fourth-order valence-electron chi connectivity index (χ4n) is 2.84. The van der Waals surface area contributed by atoms with Gasteiger partial charge in [-0.15, -0.1) is 10.2 Å². The van der Waals surface area contributed by atoms with Gasteiger partial charge in [-0.05, 0) is 67.6 Å². The van der Waals surface area contributed by atoms with Crippen LogP contribution in [0.15, 0.2) is 87.3 Å². The zero-order valence-electron chi connectivity index (χ0n) is 17.4. The predicted octanol–water partition coefficient (Wildman–Crippen LogP) is 4.96. The maximum absolute atomic E-state index is 13.0. The van der Waals surface area contributed by atoms with E-state index in [0.717, 1.165) is 17.3 Å². The van der Waals surface area contributed by atoms with E-state index in [2.05, 4.69) is 14.9 Å². The Bertz CT molecular complexity index is 1370. The van der Waals surface area contributed by atoms with E-state index in [-0.39, 0.29) is 27.5 Å². The van der Waals surface area contributed by atoms with Crippen LogP contribution in [0.3, 0.4) is 0 Å². The Morgan fingerprint density at radius 1 is 0.970 bits per heavy atom.